The number of benzene rings is 3. The van der Waals surface area contributed by atoms with Gasteiger partial charge in [0.15, 0.2) is 0 Å². The van der Waals surface area contributed by atoms with Crippen LogP contribution in [0.3, 0.4) is 0 Å². The van der Waals surface area contributed by atoms with Crippen LogP contribution in [0, 0.1) is 34.6 Å². The van der Waals surface area contributed by atoms with E-state index in [9.17, 15) is 0 Å². The van der Waals surface area contributed by atoms with E-state index in [2.05, 4.69) is 107 Å². The van der Waals surface area contributed by atoms with Crippen LogP contribution in [0.5, 0.6) is 0 Å². The quantitative estimate of drug-likeness (QED) is 0.327. The third kappa shape index (κ3) is 4.00. The van der Waals surface area contributed by atoms with Crippen LogP contribution in [0.1, 0.15) is 27.8 Å². The third-order valence-electron chi connectivity index (χ3n) is 5.43. The lowest BCUT2D eigenvalue weighted by molar-refractivity contribution is 0.582. The normalized spacial score (nSPS) is 10.9. The highest BCUT2D eigenvalue weighted by Crippen LogP contribution is 2.36. The summed E-state index contributed by atoms with van der Waals surface area (Å²) in [6, 6.07) is 25.9. The van der Waals surface area contributed by atoms with E-state index in [1.807, 2.05) is 0 Å². The molecule has 0 saturated heterocycles. The Balaban J connectivity index is 1.96. The van der Waals surface area contributed by atoms with Gasteiger partial charge in [-0.3, -0.25) is 0 Å². The SMILES string of the molecule is Cc1ccc(-c2cc(-c3c(C)cc(C)cc3C)cc(-c3ccc(C)cc3)[o+]2)cc1. The minimum absolute atomic E-state index is 0.887. The summed E-state index contributed by atoms with van der Waals surface area (Å²) >= 11 is 0. The smallest absolute Gasteiger partial charge is 0.207 e. The zero-order chi connectivity index (χ0) is 20.5. The monoisotopic (exact) mass is 379 g/mol. The van der Waals surface area contributed by atoms with Crippen LogP contribution < -0.4 is 0 Å². The van der Waals surface area contributed by atoms with E-state index in [-0.39, 0.29) is 0 Å². The molecule has 4 rings (SSSR count). The van der Waals surface area contributed by atoms with Crippen LogP contribution in [0.2, 0.25) is 0 Å². The molecule has 0 N–H and O–H groups in total. The molecule has 4 aromatic rings. The van der Waals surface area contributed by atoms with E-state index in [0.717, 1.165) is 22.6 Å². The molecule has 1 nitrogen and oxygen atoms in total. The minimum atomic E-state index is 0.887. The van der Waals surface area contributed by atoms with E-state index in [0.29, 0.717) is 0 Å². The van der Waals surface area contributed by atoms with Gasteiger partial charge in [-0.1, -0.05) is 53.1 Å². The molecule has 3 aromatic carbocycles. The largest absolute Gasteiger partial charge is 0.361 e. The highest BCUT2D eigenvalue weighted by molar-refractivity contribution is 5.78. The molecular formula is C28H27O+. The van der Waals surface area contributed by atoms with Crippen LogP contribution in [0.4, 0.5) is 0 Å². The molecule has 1 heteroatoms. The fourth-order valence-corrected chi connectivity index (χ4v) is 4.00. The lowest BCUT2D eigenvalue weighted by Gasteiger charge is -2.11. The van der Waals surface area contributed by atoms with Crippen LogP contribution in [-0.2, 0) is 0 Å². The molecule has 144 valence electrons. The second kappa shape index (κ2) is 7.67. The molecule has 0 amide bonds. The average Bonchev–Trinajstić information content (AvgIpc) is 2.68. The Bertz CT molecular complexity index is 1080. The summed E-state index contributed by atoms with van der Waals surface area (Å²) in [6.07, 6.45) is 0. The first-order valence-corrected chi connectivity index (χ1v) is 10.1. The fraction of sp³-hybridized carbons (Fsp3) is 0.179. The van der Waals surface area contributed by atoms with Crippen molar-refractivity contribution in [2.45, 2.75) is 34.6 Å². The summed E-state index contributed by atoms with van der Waals surface area (Å²) < 4.78 is 6.39. The van der Waals surface area contributed by atoms with Crippen LogP contribution >= 0.6 is 0 Å². The van der Waals surface area contributed by atoms with Crippen molar-refractivity contribution in [2.75, 3.05) is 0 Å². The fourth-order valence-electron chi connectivity index (χ4n) is 4.00. The summed E-state index contributed by atoms with van der Waals surface area (Å²) in [4.78, 5) is 0. The van der Waals surface area contributed by atoms with Gasteiger partial charge >= 0.3 is 11.5 Å². The Morgan fingerprint density at radius 2 is 0.862 bits per heavy atom. The zero-order valence-corrected chi connectivity index (χ0v) is 17.8. The van der Waals surface area contributed by atoms with Crippen LogP contribution in [-0.4, -0.2) is 0 Å². The van der Waals surface area contributed by atoms with Crippen molar-refractivity contribution in [3.63, 3.8) is 0 Å². The summed E-state index contributed by atoms with van der Waals surface area (Å²) in [5, 5.41) is 0. The Labute approximate surface area is 173 Å². The molecule has 0 saturated carbocycles. The van der Waals surface area contributed by atoms with Gasteiger partial charge in [-0.2, -0.15) is 0 Å². The molecule has 1 heterocycles. The highest BCUT2D eigenvalue weighted by Gasteiger charge is 2.22. The lowest BCUT2D eigenvalue weighted by atomic mass is 9.92. The standard InChI is InChI=1S/C28H27O/c1-18-6-10-23(11-7-18)26-16-25(28-21(4)14-20(3)15-22(28)5)17-27(29-26)24-12-8-19(2)9-13-24/h6-17H,1-5H3/q+1. The topological polar surface area (TPSA) is 11.3 Å². The van der Waals surface area contributed by atoms with Crippen LogP contribution in [0.15, 0.2) is 77.2 Å². The van der Waals surface area contributed by atoms with Gasteiger partial charge in [-0.15, -0.1) is 0 Å². The van der Waals surface area contributed by atoms with Crippen molar-refractivity contribution in [3.05, 3.63) is 101 Å². The van der Waals surface area contributed by atoms with Gasteiger partial charge in [0.1, 0.15) is 0 Å². The number of hydrogen-bond acceptors (Lipinski definition) is 0. The molecule has 0 atom stereocenters. The summed E-state index contributed by atoms with van der Waals surface area (Å²) in [7, 11) is 0. The summed E-state index contributed by atoms with van der Waals surface area (Å²) in [6.45, 7) is 10.7. The highest BCUT2D eigenvalue weighted by atomic mass is 16.3. The molecule has 0 spiro atoms. The lowest BCUT2D eigenvalue weighted by Crippen LogP contribution is -1.92. The molecule has 0 aliphatic heterocycles. The van der Waals surface area contributed by atoms with E-state index >= 15 is 0 Å². The van der Waals surface area contributed by atoms with Crippen molar-refractivity contribution in [1.29, 1.82) is 0 Å². The van der Waals surface area contributed by atoms with Gasteiger partial charge in [0.2, 0.25) is 0 Å². The van der Waals surface area contributed by atoms with Crippen molar-refractivity contribution in [3.8, 4) is 33.8 Å². The third-order valence-corrected chi connectivity index (χ3v) is 5.43. The predicted octanol–water partition coefficient (Wildman–Crippen LogP) is 8.10. The first-order valence-electron chi connectivity index (χ1n) is 10.1. The van der Waals surface area contributed by atoms with Crippen molar-refractivity contribution < 1.29 is 4.42 Å². The van der Waals surface area contributed by atoms with E-state index < -0.39 is 0 Å². The van der Waals surface area contributed by atoms with Crippen molar-refractivity contribution >= 4 is 0 Å². The second-order valence-corrected chi connectivity index (χ2v) is 8.08. The van der Waals surface area contributed by atoms with Gasteiger partial charge in [0.25, 0.3) is 0 Å². The maximum atomic E-state index is 6.39. The molecule has 0 aliphatic carbocycles. The van der Waals surface area contributed by atoms with Gasteiger partial charge in [0, 0.05) is 5.56 Å². The number of rotatable bonds is 3. The van der Waals surface area contributed by atoms with Crippen LogP contribution in [0.25, 0.3) is 33.8 Å². The van der Waals surface area contributed by atoms with E-state index in [4.69, 9.17) is 4.42 Å². The number of aryl methyl sites for hydroxylation is 5. The molecule has 0 unspecified atom stereocenters. The molecular weight excluding hydrogens is 352 g/mol. The molecule has 0 radical (unpaired) electrons. The molecule has 0 aliphatic rings. The zero-order valence-electron chi connectivity index (χ0n) is 17.8. The van der Waals surface area contributed by atoms with Crippen molar-refractivity contribution in [1.82, 2.24) is 0 Å². The minimum Gasteiger partial charge on any atom is -0.207 e. The molecule has 0 bridgehead atoms. The van der Waals surface area contributed by atoms with Gasteiger partial charge in [-0.05, 0) is 75.6 Å². The maximum Gasteiger partial charge on any atom is 0.361 e. The molecule has 1 aromatic heterocycles. The molecule has 29 heavy (non-hydrogen) atoms. The first kappa shape index (κ1) is 19.1. The Morgan fingerprint density at radius 3 is 1.28 bits per heavy atom. The summed E-state index contributed by atoms with van der Waals surface area (Å²) in [5.74, 6) is 1.77. The first-order chi connectivity index (χ1) is 13.9. The Hall–Kier alpha value is -3.19. The second-order valence-electron chi connectivity index (χ2n) is 8.08. The van der Waals surface area contributed by atoms with Gasteiger partial charge < -0.3 is 0 Å². The van der Waals surface area contributed by atoms with E-state index in [1.54, 1.807) is 0 Å². The Morgan fingerprint density at radius 1 is 0.448 bits per heavy atom. The molecule has 0 fully saturated rings. The maximum absolute atomic E-state index is 6.39. The average molecular weight is 380 g/mol. The van der Waals surface area contributed by atoms with E-state index in [1.165, 1.54) is 38.9 Å². The number of hydrogen-bond donors (Lipinski definition) is 0. The Kier molecular flexibility index (Phi) is 5.07. The van der Waals surface area contributed by atoms with Gasteiger partial charge in [0.05, 0.1) is 23.3 Å². The summed E-state index contributed by atoms with van der Waals surface area (Å²) in [5.41, 5.74) is 11.0. The van der Waals surface area contributed by atoms with Gasteiger partial charge in [-0.25, -0.2) is 4.42 Å². The van der Waals surface area contributed by atoms with Crippen molar-refractivity contribution in [2.24, 2.45) is 0 Å². The predicted molar refractivity (Wildman–Crippen MR) is 123 cm³/mol.